The van der Waals surface area contributed by atoms with Crippen molar-refractivity contribution in [1.29, 1.82) is 0 Å². The van der Waals surface area contributed by atoms with Gasteiger partial charge in [0.2, 0.25) is 0 Å². The summed E-state index contributed by atoms with van der Waals surface area (Å²) in [6.45, 7) is 2.25. The fraction of sp³-hybridized carbons (Fsp3) is 0.417. The molecule has 1 rings (SSSR count). The van der Waals surface area contributed by atoms with E-state index in [1.807, 2.05) is 6.92 Å². The number of carbonyl (C=O) groups is 1. The van der Waals surface area contributed by atoms with Crippen molar-refractivity contribution >= 4 is 5.97 Å². The van der Waals surface area contributed by atoms with Gasteiger partial charge in [0.05, 0.1) is 0 Å². The largest absolute Gasteiger partial charge is 0.480 e. The fourth-order valence-corrected chi connectivity index (χ4v) is 1.71. The van der Waals surface area contributed by atoms with Crippen molar-refractivity contribution < 1.29 is 14.3 Å². The molecule has 0 aliphatic heterocycles. The summed E-state index contributed by atoms with van der Waals surface area (Å²) in [4.78, 5) is 12.6. The topological polar surface area (TPSA) is 40.5 Å². The molecule has 0 radical (unpaired) electrons. The lowest BCUT2D eigenvalue weighted by Gasteiger charge is -2.23. The van der Waals surface area contributed by atoms with Crippen molar-refractivity contribution in [2.75, 3.05) is 7.05 Å². The maximum Gasteiger partial charge on any atom is 0.320 e. The molecule has 0 saturated heterocycles. The molecule has 0 bridgehead atoms. The number of carboxylic acid groups (broad SMARTS) is 1. The van der Waals surface area contributed by atoms with Gasteiger partial charge in [-0.25, -0.2) is 4.39 Å². The number of rotatable bonds is 5. The van der Waals surface area contributed by atoms with Crippen molar-refractivity contribution in [2.24, 2.45) is 0 Å². The van der Waals surface area contributed by atoms with Gasteiger partial charge in [0.1, 0.15) is 11.9 Å². The molecule has 1 N–H and O–H groups in total. The Bertz CT molecular complexity index is 368. The van der Waals surface area contributed by atoms with Crippen LogP contribution in [0.5, 0.6) is 0 Å². The van der Waals surface area contributed by atoms with Crippen molar-refractivity contribution in [3.8, 4) is 0 Å². The molecule has 16 heavy (non-hydrogen) atoms. The SMILES string of the molecule is CCC(C(=O)O)N(C)Cc1cccc(F)c1. The first-order valence-electron chi connectivity index (χ1n) is 5.22. The molecular formula is C12H16FNO2. The number of likely N-dealkylation sites (N-methyl/N-ethyl adjacent to an activating group) is 1. The summed E-state index contributed by atoms with van der Waals surface area (Å²) in [7, 11) is 1.73. The second-order valence-electron chi connectivity index (χ2n) is 3.81. The number of hydrogen-bond acceptors (Lipinski definition) is 2. The van der Waals surface area contributed by atoms with Crippen LogP contribution in [0.25, 0.3) is 0 Å². The summed E-state index contributed by atoms with van der Waals surface area (Å²) < 4.78 is 12.9. The first-order valence-corrected chi connectivity index (χ1v) is 5.22. The van der Waals surface area contributed by atoms with Crippen molar-refractivity contribution in [1.82, 2.24) is 4.90 Å². The molecule has 0 aliphatic carbocycles. The molecule has 1 atom stereocenters. The van der Waals surface area contributed by atoms with E-state index in [1.54, 1.807) is 24.1 Å². The highest BCUT2D eigenvalue weighted by Gasteiger charge is 2.20. The molecule has 4 heteroatoms. The molecule has 0 amide bonds. The van der Waals surface area contributed by atoms with E-state index >= 15 is 0 Å². The molecule has 0 spiro atoms. The predicted octanol–water partition coefficient (Wildman–Crippen LogP) is 2.12. The number of hydrogen-bond donors (Lipinski definition) is 1. The Morgan fingerprint density at radius 2 is 2.25 bits per heavy atom. The Morgan fingerprint density at radius 1 is 1.56 bits per heavy atom. The van der Waals surface area contributed by atoms with Crippen molar-refractivity contribution in [3.05, 3.63) is 35.6 Å². The van der Waals surface area contributed by atoms with Gasteiger partial charge in [-0.05, 0) is 31.2 Å². The van der Waals surface area contributed by atoms with E-state index in [2.05, 4.69) is 0 Å². The van der Waals surface area contributed by atoms with Crippen LogP contribution in [0, 0.1) is 5.82 Å². The van der Waals surface area contributed by atoms with Crippen LogP contribution in [0.1, 0.15) is 18.9 Å². The van der Waals surface area contributed by atoms with Gasteiger partial charge in [-0.2, -0.15) is 0 Å². The number of benzene rings is 1. The second-order valence-corrected chi connectivity index (χ2v) is 3.81. The molecule has 1 aromatic rings. The van der Waals surface area contributed by atoms with Crippen LogP contribution in [0.4, 0.5) is 4.39 Å². The molecule has 88 valence electrons. The minimum Gasteiger partial charge on any atom is -0.480 e. The standard InChI is InChI=1S/C12H16FNO2/c1-3-11(12(15)16)14(2)8-9-5-4-6-10(13)7-9/h4-7,11H,3,8H2,1-2H3,(H,15,16). The molecule has 0 aromatic heterocycles. The molecule has 0 fully saturated rings. The average Bonchev–Trinajstić information content (AvgIpc) is 2.17. The minimum atomic E-state index is -0.846. The van der Waals surface area contributed by atoms with Crippen LogP contribution in [0.2, 0.25) is 0 Å². The van der Waals surface area contributed by atoms with Gasteiger partial charge in [-0.3, -0.25) is 9.69 Å². The summed E-state index contributed by atoms with van der Waals surface area (Å²) in [6, 6.07) is 5.68. The van der Waals surface area contributed by atoms with Gasteiger partial charge in [-0.15, -0.1) is 0 Å². The van der Waals surface area contributed by atoms with E-state index in [0.29, 0.717) is 13.0 Å². The highest BCUT2D eigenvalue weighted by molar-refractivity contribution is 5.73. The van der Waals surface area contributed by atoms with E-state index in [1.165, 1.54) is 12.1 Å². The summed E-state index contributed by atoms with van der Waals surface area (Å²) in [5.74, 6) is -1.14. The zero-order valence-electron chi connectivity index (χ0n) is 9.48. The summed E-state index contributed by atoms with van der Waals surface area (Å²) >= 11 is 0. The normalized spacial score (nSPS) is 12.8. The third-order valence-corrected chi connectivity index (χ3v) is 2.52. The molecule has 3 nitrogen and oxygen atoms in total. The summed E-state index contributed by atoms with van der Waals surface area (Å²) in [5.41, 5.74) is 0.780. The number of aliphatic carboxylic acids is 1. The second kappa shape index (κ2) is 5.61. The molecular weight excluding hydrogens is 209 g/mol. The first kappa shape index (κ1) is 12.6. The number of halogens is 1. The maximum atomic E-state index is 12.9. The van der Waals surface area contributed by atoms with Gasteiger partial charge >= 0.3 is 5.97 Å². The van der Waals surface area contributed by atoms with E-state index in [4.69, 9.17) is 5.11 Å². The highest BCUT2D eigenvalue weighted by Crippen LogP contribution is 2.10. The molecule has 1 aromatic carbocycles. The molecule has 0 saturated carbocycles. The van der Waals surface area contributed by atoms with Gasteiger partial charge < -0.3 is 5.11 Å². The van der Waals surface area contributed by atoms with Crippen molar-refractivity contribution in [3.63, 3.8) is 0 Å². The lowest BCUT2D eigenvalue weighted by Crippen LogP contribution is -2.37. The van der Waals surface area contributed by atoms with Crippen LogP contribution < -0.4 is 0 Å². The predicted molar refractivity (Wildman–Crippen MR) is 59.6 cm³/mol. The van der Waals surface area contributed by atoms with Crippen molar-refractivity contribution in [2.45, 2.75) is 25.9 Å². The van der Waals surface area contributed by atoms with Gasteiger partial charge in [0.25, 0.3) is 0 Å². The van der Waals surface area contributed by atoms with Gasteiger partial charge in [0, 0.05) is 6.54 Å². The number of carboxylic acids is 1. The van der Waals surface area contributed by atoms with Gasteiger partial charge in [-0.1, -0.05) is 19.1 Å². The Morgan fingerprint density at radius 3 is 2.75 bits per heavy atom. The fourth-order valence-electron chi connectivity index (χ4n) is 1.71. The minimum absolute atomic E-state index is 0.297. The molecule has 0 aliphatic rings. The van der Waals surface area contributed by atoms with E-state index in [9.17, 15) is 9.18 Å². The molecule has 0 heterocycles. The zero-order chi connectivity index (χ0) is 12.1. The smallest absolute Gasteiger partial charge is 0.320 e. The van der Waals surface area contributed by atoms with E-state index in [0.717, 1.165) is 5.56 Å². The quantitative estimate of drug-likeness (QED) is 0.834. The lowest BCUT2D eigenvalue weighted by molar-refractivity contribution is -0.143. The van der Waals surface area contributed by atoms with Crippen LogP contribution in [-0.2, 0) is 11.3 Å². The van der Waals surface area contributed by atoms with Gasteiger partial charge in [0.15, 0.2) is 0 Å². The van der Waals surface area contributed by atoms with E-state index in [-0.39, 0.29) is 5.82 Å². The zero-order valence-corrected chi connectivity index (χ0v) is 9.48. The third kappa shape index (κ3) is 3.31. The maximum absolute atomic E-state index is 12.9. The first-order chi connectivity index (χ1) is 7.54. The van der Waals surface area contributed by atoms with Crippen LogP contribution in [-0.4, -0.2) is 29.1 Å². The summed E-state index contributed by atoms with van der Waals surface area (Å²) in [5, 5.41) is 8.96. The Labute approximate surface area is 94.5 Å². The summed E-state index contributed by atoms with van der Waals surface area (Å²) in [6.07, 6.45) is 0.529. The lowest BCUT2D eigenvalue weighted by atomic mass is 10.1. The average molecular weight is 225 g/mol. The number of nitrogens with zero attached hydrogens (tertiary/aromatic N) is 1. The Hall–Kier alpha value is -1.42. The Balaban J connectivity index is 2.69. The van der Waals surface area contributed by atoms with Crippen LogP contribution in [0.3, 0.4) is 0 Å². The highest BCUT2D eigenvalue weighted by atomic mass is 19.1. The van der Waals surface area contributed by atoms with E-state index < -0.39 is 12.0 Å². The third-order valence-electron chi connectivity index (χ3n) is 2.52. The molecule has 1 unspecified atom stereocenters. The van der Waals surface area contributed by atoms with Crippen LogP contribution >= 0.6 is 0 Å². The van der Waals surface area contributed by atoms with Crippen LogP contribution in [0.15, 0.2) is 24.3 Å². The monoisotopic (exact) mass is 225 g/mol. The Kier molecular flexibility index (Phi) is 4.43.